The standard InChI is InChI=1S/C45H92NO6P/c1-3-5-7-9-11-13-15-16-17-18-19-20-21-22-23-24-25-26-27-28-29-30-31-33-35-37-39-41-45(48)46-43(42-52-53(49,50)51)44(47)40-38-36-34-32-14-12-10-8-6-4-2/h43-44,47H,3-42H2,1-2H3,(H,46,48)(H2,49,50,51)/t43-,44+/m0/s1. The second-order valence-corrected chi connectivity index (χ2v) is 17.7. The molecule has 0 aliphatic rings. The third-order valence-corrected chi connectivity index (χ3v) is 11.6. The summed E-state index contributed by atoms with van der Waals surface area (Å²) in [6, 6.07) is -0.817. The van der Waals surface area contributed by atoms with E-state index in [1.54, 1.807) is 0 Å². The average Bonchev–Trinajstić information content (AvgIpc) is 3.13. The van der Waals surface area contributed by atoms with Gasteiger partial charge >= 0.3 is 7.82 Å². The summed E-state index contributed by atoms with van der Waals surface area (Å²) in [5.41, 5.74) is 0. The normalized spacial score (nSPS) is 13.1. The van der Waals surface area contributed by atoms with Crippen LogP contribution in [0, 0.1) is 0 Å². The highest BCUT2D eigenvalue weighted by Crippen LogP contribution is 2.36. The van der Waals surface area contributed by atoms with E-state index in [1.807, 2.05) is 0 Å². The van der Waals surface area contributed by atoms with Gasteiger partial charge in [-0.05, 0) is 12.8 Å². The van der Waals surface area contributed by atoms with Crippen LogP contribution in [-0.4, -0.2) is 39.6 Å². The van der Waals surface area contributed by atoms with Crippen LogP contribution >= 0.6 is 7.82 Å². The highest BCUT2D eigenvalue weighted by atomic mass is 31.2. The van der Waals surface area contributed by atoms with E-state index in [0.717, 1.165) is 38.5 Å². The van der Waals surface area contributed by atoms with Crippen molar-refractivity contribution in [1.82, 2.24) is 5.32 Å². The molecule has 0 radical (unpaired) electrons. The molecule has 0 fully saturated rings. The van der Waals surface area contributed by atoms with Gasteiger partial charge in [-0.2, -0.15) is 0 Å². The van der Waals surface area contributed by atoms with Gasteiger partial charge in [-0.1, -0.05) is 245 Å². The van der Waals surface area contributed by atoms with Crippen LogP contribution in [0.1, 0.15) is 264 Å². The minimum atomic E-state index is -4.68. The summed E-state index contributed by atoms with van der Waals surface area (Å²) in [5.74, 6) is -0.189. The van der Waals surface area contributed by atoms with Gasteiger partial charge in [0.1, 0.15) is 0 Å². The number of aliphatic hydroxyl groups excluding tert-OH is 1. The average molecular weight is 774 g/mol. The number of phosphoric ester groups is 1. The van der Waals surface area contributed by atoms with E-state index in [-0.39, 0.29) is 5.91 Å². The maximum absolute atomic E-state index is 12.6. The second-order valence-electron chi connectivity index (χ2n) is 16.4. The van der Waals surface area contributed by atoms with Gasteiger partial charge in [-0.25, -0.2) is 4.57 Å². The van der Waals surface area contributed by atoms with Gasteiger partial charge in [-0.3, -0.25) is 9.32 Å². The Hall–Kier alpha value is -0.460. The minimum absolute atomic E-state index is 0.189. The Balaban J connectivity index is 3.66. The first-order chi connectivity index (χ1) is 25.8. The van der Waals surface area contributed by atoms with Crippen LogP contribution in [0.3, 0.4) is 0 Å². The maximum Gasteiger partial charge on any atom is 0.469 e. The van der Waals surface area contributed by atoms with Crippen molar-refractivity contribution < 1.29 is 28.8 Å². The molecule has 0 bridgehead atoms. The van der Waals surface area contributed by atoms with Crippen LogP contribution < -0.4 is 5.32 Å². The summed E-state index contributed by atoms with van der Waals surface area (Å²) in [5, 5.41) is 13.5. The van der Waals surface area contributed by atoms with E-state index in [4.69, 9.17) is 9.79 Å². The molecule has 0 aliphatic carbocycles. The summed E-state index contributed by atoms with van der Waals surface area (Å²) >= 11 is 0. The second kappa shape index (κ2) is 41.2. The number of phosphoric acid groups is 1. The molecule has 0 aromatic carbocycles. The monoisotopic (exact) mass is 774 g/mol. The van der Waals surface area contributed by atoms with Crippen LogP contribution in [0.25, 0.3) is 0 Å². The van der Waals surface area contributed by atoms with Crippen molar-refractivity contribution in [1.29, 1.82) is 0 Å². The van der Waals surface area contributed by atoms with Crippen LogP contribution in [-0.2, 0) is 13.9 Å². The van der Waals surface area contributed by atoms with Gasteiger partial charge in [0.05, 0.1) is 18.8 Å². The van der Waals surface area contributed by atoms with E-state index in [1.165, 1.54) is 199 Å². The predicted molar refractivity (Wildman–Crippen MR) is 227 cm³/mol. The molecule has 4 N–H and O–H groups in total. The topological polar surface area (TPSA) is 116 Å². The summed E-state index contributed by atoms with van der Waals surface area (Å²) in [6.07, 6.45) is 48.4. The number of carbonyl (C=O) groups excluding carboxylic acids is 1. The zero-order valence-electron chi connectivity index (χ0n) is 35.5. The van der Waals surface area contributed by atoms with Gasteiger partial charge in [-0.15, -0.1) is 0 Å². The molecule has 2 atom stereocenters. The van der Waals surface area contributed by atoms with Gasteiger partial charge < -0.3 is 20.2 Å². The molecule has 0 rings (SSSR count). The van der Waals surface area contributed by atoms with Crippen LogP contribution in [0.2, 0.25) is 0 Å². The summed E-state index contributed by atoms with van der Waals surface area (Å²) in [4.78, 5) is 30.9. The number of hydrogen-bond donors (Lipinski definition) is 4. The van der Waals surface area contributed by atoms with Crippen molar-refractivity contribution in [3.05, 3.63) is 0 Å². The smallest absolute Gasteiger partial charge is 0.391 e. The molecule has 0 aromatic rings. The van der Waals surface area contributed by atoms with Crippen molar-refractivity contribution in [3.8, 4) is 0 Å². The van der Waals surface area contributed by atoms with Crippen molar-refractivity contribution >= 4 is 13.7 Å². The Bertz CT molecular complexity index is 793. The lowest BCUT2D eigenvalue weighted by Crippen LogP contribution is -2.46. The third kappa shape index (κ3) is 42.5. The lowest BCUT2D eigenvalue weighted by Gasteiger charge is -2.24. The number of unbranched alkanes of at least 4 members (excludes halogenated alkanes) is 35. The van der Waals surface area contributed by atoms with E-state index in [0.29, 0.717) is 12.8 Å². The molecule has 8 heteroatoms. The molecule has 318 valence electrons. The van der Waals surface area contributed by atoms with Gasteiger partial charge in [0.2, 0.25) is 5.91 Å². The number of aliphatic hydroxyl groups is 1. The van der Waals surface area contributed by atoms with E-state index in [2.05, 4.69) is 23.7 Å². The molecular formula is C45H92NO6P. The quantitative estimate of drug-likeness (QED) is 0.0362. The van der Waals surface area contributed by atoms with Crippen molar-refractivity contribution in [3.63, 3.8) is 0 Å². The van der Waals surface area contributed by atoms with Crippen molar-refractivity contribution in [2.75, 3.05) is 6.61 Å². The molecule has 53 heavy (non-hydrogen) atoms. The highest BCUT2D eigenvalue weighted by molar-refractivity contribution is 7.46. The Labute approximate surface area is 330 Å². The zero-order chi connectivity index (χ0) is 38.9. The third-order valence-electron chi connectivity index (χ3n) is 11.1. The lowest BCUT2D eigenvalue weighted by atomic mass is 10.0. The first-order valence-electron chi connectivity index (χ1n) is 23.5. The zero-order valence-corrected chi connectivity index (χ0v) is 36.3. The minimum Gasteiger partial charge on any atom is -0.391 e. The van der Waals surface area contributed by atoms with Crippen molar-refractivity contribution in [2.45, 2.75) is 276 Å². The lowest BCUT2D eigenvalue weighted by molar-refractivity contribution is -0.123. The number of hydrogen-bond acceptors (Lipinski definition) is 4. The predicted octanol–water partition coefficient (Wildman–Crippen LogP) is 14.2. The van der Waals surface area contributed by atoms with Gasteiger partial charge in [0.25, 0.3) is 0 Å². The fraction of sp³-hybridized carbons (Fsp3) is 0.978. The largest absolute Gasteiger partial charge is 0.469 e. The molecule has 7 nitrogen and oxygen atoms in total. The van der Waals surface area contributed by atoms with Crippen LogP contribution in [0.5, 0.6) is 0 Å². The molecular weight excluding hydrogens is 681 g/mol. The maximum atomic E-state index is 12.6. The molecule has 1 amide bonds. The SMILES string of the molecule is CCCCCCCCCCCCCCCCCCCCCCCCCCCCCC(=O)N[C@@H](COP(=O)(O)O)[C@H](O)CCCCCCCCCCCC. The molecule has 0 unspecified atom stereocenters. The number of nitrogens with one attached hydrogen (secondary N) is 1. The molecule has 0 aromatic heterocycles. The Morgan fingerprint density at radius 1 is 0.472 bits per heavy atom. The fourth-order valence-electron chi connectivity index (χ4n) is 7.53. The van der Waals surface area contributed by atoms with E-state index >= 15 is 0 Å². The molecule has 0 saturated heterocycles. The van der Waals surface area contributed by atoms with Gasteiger partial charge in [0, 0.05) is 6.42 Å². The highest BCUT2D eigenvalue weighted by Gasteiger charge is 2.25. The first kappa shape index (κ1) is 52.5. The molecule has 0 aliphatic heterocycles. The number of carbonyl (C=O) groups is 1. The van der Waals surface area contributed by atoms with E-state index in [9.17, 15) is 14.5 Å². The Kier molecular flexibility index (Phi) is 40.8. The summed E-state index contributed by atoms with van der Waals surface area (Å²) in [7, 11) is -4.68. The number of rotatable bonds is 44. The van der Waals surface area contributed by atoms with E-state index < -0.39 is 26.6 Å². The fourth-order valence-corrected chi connectivity index (χ4v) is 7.88. The van der Waals surface area contributed by atoms with Crippen LogP contribution in [0.4, 0.5) is 0 Å². The first-order valence-corrected chi connectivity index (χ1v) is 25.0. The molecule has 0 spiro atoms. The Morgan fingerprint density at radius 3 is 1.02 bits per heavy atom. The molecule has 0 saturated carbocycles. The van der Waals surface area contributed by atoms with Crippen molar-refractivity contribution in [2.24, 2.45) is 0 Å². The van der Waals surface area contributed by atoms with Crippen LogP contribution in [0.15, 0.2) is 0 Å². The Morgan fingerprint density at radius 2 is 0.736 bits per heavy atom. The summed E-state index contributed by atoms with van der Waals surface area (Å²) in [6.45, 7) is 4.13. The molecule has 0 heterocycles. The number of amides is 1. The summed E-state index contributed by atoms with van der Waals surface area (Å²) < 4.78 is 15.9. The van der Waals surface area contributed by atoms with Gasteiger partial charge in [0.15, 0.2) is 0 Å².